The average molecular weight is 650 g/mol. The summed E-state index contributed by atoms with van der Waals surface area (Å²) in [7, 11) is 2.03. The molecule has 0 aliphatic carbocycles. The number of amides is 2. The largest absolute Gasteiger partial charge is 0.356 e. The van der Waals surface area contributed by atoms with E-state index in [1.165, 1.54) is 180 Å². The highest BCUT2D eigenvalue weighted by Gasteiger charge is 2.05. The maximum Gasteiger partial charge on any atom is 0.220 e. The van der Waals surface area contributed by atoms with Gasteiger partial charge < -0.3 is 10.6 Å². The Labute approximate surface area is 289 Å². The highest BCUT2D eigenvalue weighted by Crippen LogP contribution is 2.15. The highest BCUT2D eigenvalue weighted by atomic mass is 16.2. The molecule has 0 heterocycles. The topological polar surface area (TPSA) is 61.4 Å². The molecule has 0 fully saturated rings. The molecular formula is C41H83N3O2. The Morgan fingerprint density at radius 2 is 0.674 bits per heavy atom. The van der Waals surface area contributed by atoms with Gasteiger partial charge in [0.1, 0.15) is 0 Å². The van der Waals surface area contributed by atoms with Crippen LogP contribution in [0.25, 0.3) is 0 Å². The number of hydrogen-bond donors (Lipinski definition) is 2. The van der Waals surface area contributed by atoms with Crippen molar-refractivity contribution in [2.75, 3.05) is 26.8 Å². The van der Waals surface area contributed by atoms with Crippen molar-refractivity contribution in [3.63, 3.8) is 0 Å². The van der Waals surface area contributed by atoms with E-state index in [0.717, 1.165) is 32.4 Å². The fourth-order valence-electron chi connectivity index (χ4n) is 6.37. The van der Waals surface area contributed by atoms with Crippen molar-refractivity contribution in [2.45, 2.75) is 226 Å². The first-order chi connectivity index (χ1) is 22.6. The second-order valence-electron chi connectivity index (χ2n) is 14.4. The quantitative estimate of drug-likeness (QED) is 0.0517. The van der Waals surface area contributed by atoms with E-state index in [1.54, 1.807) is 0 Å². The molecule has 2 N–H and O–H groups in total. The maximum absolute atomic E-state index is 12.2. The van der Waals surface area contributed by atoms with Gasteiger partial charge in [0.15, 0.2) is 0 Å². The monoisotopic (exact) mass is 650 g/mol. The van der Waals surface area contributed by atoms with Gasteiger partial charge in [-0.15, -0.1) is 0 Å². The number of nitrogens with one attached hydrogen (secondary N) is 2. The minimum atomic E-state index is 0.165. The van der Waals surface area contributed by atoms with Crippen molar-refractivity contribution in [1.29, 1.82) is 0 Å². The maximum atomic E-state index is 12.2. The number of rotatable bonds is 38. The molecule has 0 radical (unpaired) electrons. The Balaban J connectivity index is 3.36. The SMILES string of the molecule is CCCCCCCCCCCCCCCCCC(=O)NCCCN(C)CNC(=O)CCCCCCCCCCCCCCCCC. The van der Waals surface area contributed by atoms with E-state index in [9.17, 15) is 9.59 Å². The molecule has 2 amide bonds. The summed E-state index contributed by atoms with van der Waals surface area (Å²) in [5.74, 6) is 0.354. The number of carbonyl (C=O) groups is 2. The normalized spacial score (nSPS) is 11.4. The van der Waals surface area contributed by atoms with Crippen LogP contribution in [-0.2, 0) is 9.59 Å². The molecule has 5 nitrogen and oxygen atoms in total. The summed E-state index contributed by atoms with van der Waals surface area (Å²) in [6.07, 6.45) is 42.6. The van der Waals surface area contributed by atoms with Gasteiger partial charge in [-0.3, -0.25) is 14.5 Å². The summed E-state index contributed by atoms with van der Waals surface area (Å²) in [4.78, 5) is 26.5. The van der Waals surface area contributed by atoms with Crippen LogP contribution in [0.3, 0.4) is 0 Å². The standard InChI is InChI=1S/C41H83N3O2/c1-4-6-8-10-12-14-16-18-20-22-24-26-28-30-32-35-40(45)42-37-34-38-44(3)39-43-41(46)36-33-31-29-27-25-23-21-19-17-15-13-11-9-7-5-2/h4-39H2,1-3H3,(H,42,45)(H,43,46). The van der Waals surface area contributed by atoms with Crippen LogP contribution in [0.4, 0.5) is 0 Å². The van der Waals surface area contributed by atoms with Gasteiger partial charge in [-0.25, -0.2) is 0 Å². The Morgan fingerprint density at radius 1 is 0.391 bits per heavy atom. The third kappa shape index (κ3) is 37.4. The van der Waals surface area contributed by atoms with Crippen molar-refractivity contribution >= 4 is 11.8 Å². The molecule has 0 aromatic rings. The van der Waals surface area contributed by atoms with Crippen molar-refractivity contribution < 1.29 is 9.59 Å². The third-order valence-electron chi connectivity index (χ3n) is 9.60. The predicted molar refractivity (Wildman–Crippen MR) is 202 cm³/mol. The molecule has 0 saturated carbocycles. The molecule has 0 aliphatic rings. The molecule has 0 aromatic carbocycles. The Bertz CT molecular complexity index is 627. The summed E-state index contributed by atoms with van der Waals surface area (Å²) < 4.78 is 0. The Kier molecular flexibility index (Phi) is 37.4. The molecule has 0 spiro atoms. The molecule has 46 heavy (non-hydrogen) atoms. The molecule has 0 saturated heterocycles. The smallest absolute Gasteiger partial charge is 0.220 e. The first-order valence-corrected chi connectivity index (χ1v) is 20.8. The summed E-state index contributed by atoms with van der Waals surface area (Å²) in [5.41, 5.74) is 0. The van der Waals surface area contributed by atoms with Crippen LogP contribution in [0.5, 0.6) is 0 Å². The summed E-state index contributed by atoms with van der Waals surface area (Å²) in [5, 5.41) is 6.12. The molecule has 0 aliphatic heterocycles. The van der Waals surface area contributed by atoms with Gasteiger partial charge in [-0.05, 0) is 26.3 Å². The zero-order chi connectivity index (χ0) is 33.6. The van der Waals surface area contributed by atoms with Gasteiger partial charge in [-0.1, -0.05) is 194 Å². The third-order valence-corrected chi connectivity index (χ3v) is 9.60. The summed E-state index contributed by atoms with van der Waals surface area (Å²) in [6.45, 7) is 6.75. The number of nitrogens with zero attached hydrogens (tertiary/aromatic N) is 1. The first kappa shape index (κ1) is 44.9. The number of unbranched alkanes of at least 4 members (excludes halogenated alkanes) is 28. The minimum absolute atomic E-state index is 0.165. The van der Waals surface area contributed by atoms with E-state index < -0.39 is 0 Å². The highest BCUT2D eigenvalue weighted by molar-refractivity contribution is 5.76. The van der Waals surface area contributed by atoms with Gasteiger partial charge in [-0.2, -0.15) is 0 Å². The van der Waals surface area contributed by atoms with Crippen LogP contribution in [0.1, 0.15) is 226 Å². The van der Waals surface area contributed by atoms with E-state index in [0.29, 0.717) is 19.5 Å². The molecule has 274 valence electrons. The second-order valence-corrected chi connectivity index (χ2v) is 14.4. The van der Waals surface area contributed by atoms with Gasteiger partial charge in [0.2, 0.25) is 11.8 Å². The Hall–Kier alpha value is -1.10. The number of carbonyl (C=O) groups excluding carboxylic acids is 2. The van der Waals surface area contributed by atoms with Crippen LogP contribution in [0.15, 0.2) is 0 Å². The zero-order valence-corrected chi connectivity index (χ0v) is 31.7. The minimum Gasteiger partial charge on any atom is -0.356 e. The lowest BCUT2D eigenvalue weighted by Gasteiger charge is -2.17. The van der Waals surface area contributed by atoms with Gasteiger partial charge in [0.05, 0.1) is 6.67 Å². The lowest BCUT2D eigenvalue weighted by Crippen LogP contribution is -2.36. The molecular weight excluding hydrogens is 566 g/mol. The van der Waals surface area contributed by atoms with E-state index in [-0.39, 0.29) is 11.8 Å². The molecule has 0 unspecified atom stereocenters. The van der Waals surface area contributed by atoms with Crippen molar-refractivity contribution in [3.8, 4) is 0 Å². The van der Waals surface area contributed by atoms with Crippen LogP contribution in [-0.4, -0.2) is 43.5 Å². The van der Waals surface area contributed by atoms with Crippen LogP contribution in [0.2, 0.25) is 0 Å². The van der Waals surface area contributed by atoms with E-state index in [4.69, 9.17) is 0 Å². The number of hydrogen-bond acceptors (Lipinski definition) is 3. The molecule has 0 rings (SSSR count). The van der Waals surface area contributed by atoms with Gasteiger partial charge >= 0.3 is 0 Å². The van der Waals surface area contributed by atoms with Crippen LogP contribution < -0.4 is 10.6 Å². The fraction of sp³-hybridized carbons (Fsp3) is 0.951. The molecule has 0 aromatic heterocycles. The van der Waals surface area contributed by atoms with Crippen LogP contribution in [0, 0.1) is 0 Å². The molecule has 0 atom stereocenters. The lowest BCUT2D eigenvalue weighted by atomic mass is 10.0. The Morgan fingerprint density at radius 3 is 1.00 bits per heavy atom. The fourth-order valence-corrected chi connectivity index (χ4v) is 6.37. The van der Waals surface area contributed by atoms with E-state index in [1.807, 2.05) is 7.05 Å². The van der Waals surface area contributed by atoms with Gasteiger partial charge in [0, 0.05) is 25.9 Å². The molecule has 5 heteroatoms. The van der Waals surface area contributed by atoms with E-state index in [2.05, 4.69) is 29.4 Å². The predicted octanol–water partition coefficient (Wildman–Crippen LogP) is 12.0. The average Bonchev–Trinajstić information content (AvgIpc) is 3.05. The zero-order valence-electron chi connectivity index (χ0n) is 31.7. The van der Waals surface area contributed by atoms with E-state index >= 15 is 0 Å². The van der Waals surface area contributed by atoms with Crippen molar-refractivity contribution in [2.24, 2.45) is 0 Å². The van der Waals surface area contributed by atoms with Crippen LogP contribution >= 0.6 is 0 Å². The van der Waals surface area contributed by atoms with Crippen molar-refractivity contribution in [1.82, 2.24) is 15.5 Å². The first-order valence-electron chi connectivity index (χ1n) is 20.8. The lowest BCUT2D eigenvalue weighted by molar-refractivity contribution is -0.122. The second kappa shape index (κ2) is 38.3. The summed E-state index contributed by atoms with van der Waals surface area (Å²) in [6, 6.07) is 0. The summed E-state index contributed by atoms with van der Waals surface area (Å²) >= 11 is 0. The van der Waals surface area contributed by atoms with Gasteiger partial charge in [0.25, 0.3) is 0 Å². The molecule has 0 bridgehead atoms. The van der Waals surface area contributed by atoms with Crippen molar-refractivity contribution in [3.05, 3.63) is 0 Å².